The van der Waals surface area contributed by atoms with Crippen molar-refractivity contribution in [3.05, 3.63) is 70.8 Å². The molecule has 0 aromatic heterocycles. The minimum atomic E-state index is -1.27. The highest BCUT2D eigenvalue weighted by Gasteiger charge is 2.44. The lowest BCUT2D eigenvalue weighted by Gasteiger charge is -2.46. The summed E-state index contributed by atoms with van der Waals surface area (Å²) < 4.78 is 0. The maximum atomic E-state index is 13.4. The Morgan fingerprint density at radius 1 is 0.684 bits per heavy atom. The molecule has 0 saturated carbocycles. The normalized spacial score (nSPS) is 21.2. The first-order valence-electron chi connectivity index (χ1n) is 13.4. The van der Waals surface area contributed by atoms with Crippen LogP contribution in [0.1, 0.15) is 63.8 Å². The van der Waals surface area contributed by atoms with Gasteiger partial charge in [-0.3, -0.25) is 0 Å². The summed E-state index contributed by atoms with van der Waals surface area (Å²) >= 11 is 0. The lowest BCUT2D eigenvalue weighted by Crippen LogP contribution is -2.63. The van der Waals surface area contributed by atoms with E-state index in [2.05, 4.69) is 10.6 Å². The van der Waals surface area contributed by atoms with Gasteiger partial charge in [-0.2, -0.15) is 0 Å². The van der Waals surface area contributed by atoms with Crippen molar-refractivity contribution in [2.24, 2.45) is 0 Å². The molecule has 2 aliphatic heterocycles. The molecule has 4 amide bonds. The van der Waals surface area contributed by atoms with E-state index in [0.29, 0.717) is 25.9 Å². The van der Waals surface area contributed by atoms with Crippen molar-refractivity contribution >= 4 is 12.1 Å². The lowest BCUT2D eigenvalue weighted by molar-refractivity contribution is -0.0684. The van der Waals surface area contributed by atoms with Crippen molar-refractivity contribution in [1.82, 2.24) is 20.4 Å². The Balaban J connectivity index is 1.65. The summed E-state index contributed by atoms with van der Waals surface area (Å²) in [4.78, 5) is 30.0. The van der Waals surface area contributed by atoms with Crippen LogP contribution in [0.25, 0.3) is 0 Å². The fourth-order valence-corrected chi connectivity index (χ4v) is 5.39. The highest BCUT2D eigenvalue weighted by atomic mass is 16.3. The van der Waals surface area contributed by atoms with Gasteiger partial charge in [0.25, 0.3) is 0 Å². The Morgan fingerprint density at radius 2 is 1.00 bits per heavy atom. The summed E-state index contributed by atoms with van der Waals surface area (Å²) in [6.45, 7) is 12.1. The molecule has 2 aliphatic rings. The molecule has 0 spiro atoms. The highest BCUT2D eigenvalue weighted by Crippen LogP contribution is 2.31. The standard InChI is InChI=1S/C30H42N4O4/c1-29(2,3)31-27(37)33-17-21-13-9-7-11-19(21)15-23(33)25(35)26(36)24-16-20-12-8-10-14-22(20)18-34(24)28(38)32-30(4,5)6/h7-14,23-26,35-36H,15-18H2,1-6H3,(H,31,37)(H,32,38)/t23?,24?,25-,26-/m1/s1. The number of amides is 4. The molecule has 0 fully saturated rings. The van der Waals surface area contributed by atoms with Gasteiger partial charge in [-0.15, -0.1) is 0 Å². The average Bonchev–Trinajstić information content (AvgIpc) is 2.84. The van der Waals surface area contributed by atoms with E-state index in [1.165, 1.54) is 0 Å². The third kappa shape index (κ3) is 6.30. The molecule has 206 valence electrons. The fourth-order valence-electron chi connectivity index (χ4n) is 5.39. The van der Waals surface area contributed by atoms with Gasteiger partial charge >= 0.3 is 12.1 Å². The number of carbonyl (C=O) groups is 2. The molecule has 38 heavy (non-hydrogen) atoms. The minimum Gasteiger partial charge on any atom is -0.388 e. The Morgan fingerprint density at radius 3 is 1.32 bits per heavy atom. The number of aliphatic hydroxyl groups is 2. The molecule has 0 saturated heterocycles. The molecule has 0 aliphatic carbocycles. The van der Waals surface area contributed by atoms with Gasteiger partial charge in [0.15, 0.2) is 0 Å². The lowest BCUT2D eigenvalue weighted by atomic mass is 9.84. The van der Waals surface area contributed by atoms with E-state index in [4.69, 9.17) is 0 Å². The Labute approximate surface area is 226 Å². The van der Waals surface area contributed by atoms with E-state index in [9.17, 15) is 19.8 Å². The number of hydrogen-bond donors (Lipinski definition) is 4. The van der Waals surface area contributed by atoms with Crippen LogP contribution >= 0.6 is 0 Å². The molecule has 2 heterocycles. The van der Waals surface area contributed by atoms with Crippen LogP contribution in [0.2, 0.25) is 0 Å². The Kier molecular flexibility index (Phi) is 7.77. The number of carbonyl (C=O) groups excluding carboxylic acids is 2. The molecule has 2 aromatic rings. The quantitative estimate of drug-likeness (QED) is 0.495. The van der Waals surface area contributed by atoms with Gasteiger partial charge in [-0.05, 0) is 76.6 Å². The number of nitrogens with zero attached hydrogens (tertiary/aromatic N) is 2. The van der Waals surface area contributed by atoms with Gasteiger partial charge in [0.05, 0.1) is 12.1 Å². The number of nitrogens with one attached hydrogen (secondary N) is 2. The first-order valence-corrected chi connectivity index (χ1v) is 13.4. The zero-order chi connectivity index (χ0) is 27.8. The van der Waals surface area contributed by atoms with Crippen LogP contribution in [-0.4, -0.2) is 67.4 Å². The van der Waals surface area contributed by atoms with Crippen LogP contribution in [-0.2, 0) is 25.9 Å². The molecule has 4 rings (SSSR count). The SMILES string of the molecule is CC(C)(C)NC(=O)N1Cc2ccccc2CC1[C@@H](O)[C@H](O)C1Cc2ccccc2CN1C(=O)NC(C)(C)C. The molecular formula is C30H42N4O4. The summed E-state index contributed by atoms with van der Waals surface area (Å²) in [5.41, 5.74) is 3.20. The van der Waals surface area contributed by atoms with E-state index in [1.54, 1.807) is 9.80 Å². The molecule has 2 unspecified atom stereocenters. The number of benzene rings is 2. The number of urea groups is 2. The first kappa shape index (κ1) is 27.9. The van der Waals surface area contributed by atoms with E-state index < -0.39 is 35.4 Å². The van der Waals surface area contributed by atoms with E-state index in [0.717, 1.165) is 22.3 Å². The van der Waals surface area contributed by atoms with Crippen LogP contribution in [0.15, 0.2) is 48.5 Å². The number of fused-ring (bicyclic) bond motifs is 2. The van der Waals surface area contributed by atoms with Gasteiger partial charge in [-0.1, -0.05) is 48.5 Å². The van der Waals surface area contributed by atoms with E-state index in [1.807, 2.05) is 90.1 Å². The molecule has 4 atom stereocenters. The van der Waals surface area contributed by atoms with Gasteiger partial charge < -0.3 is 30.6 Å². The number of hydrogen-bond acceptors (Lipinski definition) is 4. The van der Waals surface area contributed by atoms with Gasteiger partial charge in [-0.25, -0.2) is 9.59 Å². The second kappa shape index (κ2) is 10.6. The minimum absolute atomic E-state index is 0.292. The van der Waals surface area contributed by atoms with Crippen molar-refractivity contribution in [3.63, 3.8) is 0 Å². The van der Waals surface area contributed by atoms with Crippen LogP contribution in [0.5, 0.6) is 0 Å². The van der Waals surface area contributed by atoms with Crippen LogP contribution < -0.4 is 10.6 Å². The zero-order valence-corrected chi connectivity index (χ0v) is 23.4. The maximum Gasteiger partial charge on any atom is 0.318 e. The van der Waals surface area contributed by atoms with Crippen molar-refractivity contribution in [2.45, 2.75) is 103 Å². The second-order valence-electron chi connectivity index (χ2n) is 12.7. The summed E-state index contributed by atoms with van der Waals surface area (Å²) in [5, 5.41) is 29.4. The maximum absolute atomic E-state index is 13.4. The van der Waals surface area contributed by atoms with Crippen LogP contribution in [0, 0.1) is 0 Å². The highest BCUT2D eigenvalue weighted by molar-refractivity contribution is 5.76. The molecule has 8 heteroatoms. The largest absolute Gasteiger partial charge is 0.388 e. The van der Waals surface area contributed by atoms with Crippen molar-refractivity contribution in [1.29, 1.82) is 0 Å². The van der Waals surface area contributed by atoms with Gasteiger partial charge in [0, 0.05) is 24.2 Å². The zero-order valence-electron chi connectivity index (χ0n) is 23.4. The Hall–Kier alpha value is -3.10. The summed E-state index contributed by atoms with van der Waals surface area (Å²) in [5.74, 6) is 0. The summed E-state index contributed by atoms with van der Waals surface area (Å²) in [6, 6.07) is 13.8. The third-order valence-corrected chi connectivity index (χ3v) is 7.20. The fraction of sp³-hybridized carbons (Fsp3) is 0.533. The van der Waals surface area contributed by atoms with Gasteiger partial charge in [0.2, 0.25) is 0 Å². The van der Waals surface area contributed by atoms with E-state index >= 15 is 0 Å². The monoisotopic (exact) mass is 522 g/mol. The molecular weight excluding hydrogens is 480 g/mol. The van der Waals surface area contributed by atoms with Crippen LogP contribution in [0.3, 0.4) is 0 Å². The predicted octanol–water partition coefficient (Wildman–Crippen LogP) is 3.58. The third-order valence-electron chi connectivity index (χ3n) is 7.20. The van der Waals surface area contributed by atoms with Crippen LogP contribution in [0.4, 0.5) is 9.59 Å². The number of rotatable bonds is 3. The summed E-state index contributed by atoms with van der Waals surface area (Å²) in [6.07, 6.45) is -1.73. The smallest absolute Gasteiger partial charge is 0.318 e. The van der Waals surface area contributed by atoms with Gasteiger partial charge in [0.1, 0.15) is 12.2 Å². The number of aliphatic hydroxyl groups excluding tert-OH is 2. The molecule has 0 radical (unpaired) electrons. The first-order chi connectivity index (χ1) is 17.7. The average molecular weight is 523 g/mol. The molecule has 2 aromatic carbocycles. The second-order valence-corrected chi connectivity index (χ2v) is 12.7. The van der Waals surface area contributed by atoms with E-state index in [-0.39, 0.29) is 12.1 Å². The Bertz CT molecular complexity index is 1080. The molecule has 8 nitrogen and oxygen atoms in total. The van der Waals surface area contributed by atoms with Crippen molar-refractivity contribution in [3.8, 4) is 0 Å². The predicted molar refractivity (Wildman–Crippen MR) is 148 cm³/mol. The van der Waals surface area contributed by atoms with Crippen molar-refractivity contribution < 1.29 is 19.8 Å². The molecule has 4 N–H and O–H groups in total. The summed E-state index contributed by atoms with van der Waals surface area (Å²) in [7, 11) is 0. The molecule has 0 bridgehead atoms. The topological polar surface area (TPSA) is 105 Å². The van der Waals surface area contributed by atoms with Crippen molar-refractivity contribution in [2.75, 3.05) is 0 Å².